The Kier molecular flexibility index (Phi) is 4.05. The molecule has 0 unspecified atom stereocenters. The molecule has 0 amide bonds. The van der Waals surface area contributed by atoms with E-state index in [0.717, 1.165) is 5.56 Å². The van der Waals surface area contributed by atoms with Gasteiger partial charge in [-0.2, -0.15) is 0 Å². The molecule has 0 saturated heterocycles. The van der Waals surface area contributed by atoms with Gasteiger partial charge in [-0.25, -0.2) is 0 Å². The molecule has 4 nitrogen and oxygen atoms in total. The number of ketones is 1. The van der Waals surface area contributed by atoms with Crippen LogP contribution in [-0.4, -0.2) is 23.1 Å². The maximum Gasteiger partial charge on any atom is 0.193 e. The summed E-state index contributed by atoms with van der Waals surface area (Å²) in [6.45, 7) is 0. The van der Waals surface area contributed by atoms with Gasteiger partial charge in [0.2, 0.25) is 0 Å². The molecule has 0 aliphatic carbocycles. The van der Waals surface area contributed by atoms with Gasteiger partial charge in [-0.3, -0.25) is 4.79 Å². The van der Waals surface area contributed by atoms with Crippen LogP contribution >= 0.6 is 0 Å². The third-order valence-corrected chi connectivity index (χ3v) is 2.79. The lowest BCUT2D eigenvalue weighted by Crippen LogP contribution is -1.99. The zero-order chi connectivity index (χ0) is 14.5. The second-order valence-electron chi connectivity index (χ2n) is 4.14. The van der Waals surface area contributed by atoms with Crippen molar-refractivity contribution in [3.8, 4) is 17.2 Å². The van der Waals surface area contributed by atoms with Crippen molar-refractivity contribution in [1.82, 2.24) is 0 Å². The molecule has 0 aromatic heterocycles. The second kappa shape index (κ2) is 5.93. The predicted octanol–water partition coefficient (Wildman–Crippen LogP) is 3.00. The van der Waals surface area contributed by atoms with Crippen molar-refractivity contribution < 1.29 is 19.7 Å². The number of aromatic hydroxyl groups is 2. The summed E-state index contributed by atoms with van der Waals surface area (Å²) in [5, 5.41) is 18.9. The fraction of sp³-hybridized carbons (Fsp3) is 0.0625. The third-order valence-electron chi connectivity index (χ3n) is 2.79. The summed E-state index contributed by atoms with van der Waals surface area (Å²) in [5.41, 5.74) is 0.899. The number of carbonyl (C=O) groups is 1. The Balaban J connectivity index is 2.26. The number of phenolic OH excluding ortho intramolecular Hbond substituents is 2. The van der Waals surface area contributed by atoms with Crippen LogP contribution in [0.4, 0.5) is 0 Å². The van der Waals surface area contributed by atoms with E-state index in [-0.39, 0.29) is 22.8 Å². The molecule has 0 atom stereocenters. The minimum absolute atomic E-state index is 0.121. The van der Waals surface area contributed by atoms with E-state index in [1.165, 1.54) is 31.4 Å². The molecule has 102 valence electrons. The smallest absolute Gasteiger partial charge is 0.193 e. The molecule has 0 aliphatic heterocycles. The summed E-state index contributed by atoms with van der Waals surface area (Å²) >= 11 is 0. The van der Waals surface area contributed by atoms with Crippen LogP contribution in [0.2, 0.25) is 0 Å². The van der Waals surface area contributed by atoms with Crippen molar-refractivity contribution >= 4 is 11.9 Å². The first-order valence-corrected chi connectivity index (χ1v) is 5.99. The van der Waals surface area contributed by atoms with Gasteiger partial charge in [0.25, 0.3) is 0 Å². The molecule has 0 aliphatic rings. The number of hydrogen-bond acceptors (Lipinski definition) is 4. The molecule has 20 heavy (non-hydrogen) atoms. The first kappa shape index (κ1) is 13.7. The number of benzene rings is 2. The molecule has 2 aromatic carbocycles. The normalized spacial score (nSPS) is 10.7. The standard InChI is InChI=1S/C16H14O4/c1-20-15-4-2-3-13(18)16(15)14(19)10-7-11-5-8-12(17)9-6-11/h2-10,17-18H,1H3/b10-7-. The summed E-state index contributed by atoms with van der Waals surface area (Å²) in [4.78, 5) is 12.1. The van der Waals surface area contributed by atoms with Crippen molar-refractivity contribution in [3.05, 3.63) is 59.7 Å². The molecular weight excluding hydrogens is 256 g/mol. The van der Waals surface area contributed by atoms with E-state index in [4.69, 9.17) is 4.74 Å². The van der Waals surface area contributed by atoms with Crippen LogP contribution < -0.4 is 4.74 Å². The predicted molar refractivity (Wildman–Crippen MR) is 76.1 cm³/mol. The topological polar surface area (TPSA) is 66.8 Å². The number of hydrogen-bond donors (Lipinski definition) is 2. The monoisotopic (exact) mass is 270 g/mol. The van der Waals surface area contributed by atoms with Crippen molar-refractivity contribution in [2.24, 2.45) is 0 Å². The highest BCUT2D eigenvalue weighted by Gasteiger charge is 2.14. The van der Waals surface area contributed by atoms with E-state index >= 15 is 0 Å². The van der Waals surface area contributed by atoms with E-state index < -0.39 is 0 Å². The number of phenols is 2. The van der Waals surface area contributed by atoms with E-state index in [1.54, 1.807) is 30.3 Å². The molecule has 0 spiro atoms. The Bertz CT molecular complexity index is 642. The lowest BCUT2D eigenvalue weighted by molar-refractivity contribution is 0.104. The zero-order valence-electron chi connectivity index (χ0n) is 10.9. The summed E-state index contributed by atoms with van der Waals surface area (Å²) in [6.07, 6.45) is 2.96. The molecule has 4 heteroatoms. The number of rotatable bonds is 4. The van der Waals surface area contributed by atoms with Gasteiger partial charge in [0.1, 0.15) is 22.8 Å². The number of carbonyl (C=O) groups excluding carboxylic acids is 1. The van der Waals surface area contributed by atoms with Crippen LogP contribution in [0.25, 0.3) is 6.08 Å². The molecular formula is C16H14O4. The van der Waals surface area contributed by atoms with Crippen LogP contribution in [0.3, 0.4) is 0 Å². The largest absolute Gasteiger partial charge is 0.508 e. The maximum atomic E-state index is 12.1. The van der Waals surface area contributed by atoms with Gasteiger partial charge in [0.05, 0.1) is 7.11 Å². The molecule has 0 heterocycles. The van der Waals surface area contributed by atoms with E-state index in [1.807, 2.05) is 0 Å². The summed E-state index contributed by atoms with van der Waals surface area (Å²) in [6, 6.07) is 11.1. The Morgan fingerprint density at radius 3 is 2.45 bits per heavy atom. The minimum atomic E-state index is -0.354. The Morgan fingerprint density at radius 2 is 1.80 bits per heavy atom. The van der Waals surface area contributed by atoms with E-state index in [0.29, 0.717) is 5.75 Å². The molecule has 0 fully saturated rings. The molecule has 0 saturated carbocycles. The van der Waals surface area contributed by atoms with Gasteiger partial charge in [-0.1, -0.05) is 24.3 Å². The van der Waals surface area contributed by atoms with Gasteiger partial charge in [0, 0.05) is 0 Å². The van der Waals surface area contributed by atoms with E-state index in [2.05, 4.69) is 0 Å². The lowest BCUT2D eigenvalue weighted by Gasteiger charge is -2.07. The van der Waals surface area contributed by atoms with Gasteiger partial charge in [0.15, 0.2) is 5.78 Å². The fourth-order valence-electron chi connectivity index (χ4n) is 1.78. The van der Waals surface area contributed by atoms with Gasteiger partial charge in [-0.15, -0.1) is 0 Å². The van der Waals surface area contributed by atoms with Gasteiger partial charge >= 0.3 is 0 Å². The van der Waals surface area contributed by atoms with Gasteiger partial charge in [-0.05, 0) is 35.9 Å². The first-order valence-electron chi connectivity index (χ1n) is 5.99. The summed E-state index contributed by atoms with van der Waals surface area (Å²) < 4.78 is 5.07. The highest BCUT2D eigenvalue weighted by Crippen LogP contribution is 2.28. The minimum Gasteiger partial charge on any atom is -0.508 e. The van der Waals surface area contributed by atoms with Crippen LogP contribution in [-0.2, 0) is 0 Å². The first-order chi connectivity index (χ1) is 9.61. The van der Waals surface area contributed by atoms with Crippen molar-refractivity contribution in [2.45, 2.75) is 0 Å². The molecule has 0 bridgehead atoms. The van der Waals surface area contributed by atoms with Crippen LogP contribution in [0, 0.1) is 0 Å². The summed E-state index contributed by atoms with van der Waals surface area (Å²) in [5.74, 6) is 0.0129. The molecule has 2 N–H and O–H groups in total. The average molecular weight is 270 g/mol. The Morgan fingerprint density at radius 1 is 1.10 bits per heavy atom. The number of ether oxygens (including phenoxy) is 1. The van der Waals surface area contributed by atoms with Crippen LogP contribution in [0.5, 0.6) is 17.2 Å². The molecule has 2 rings (SSSR count). The Labute approximate surface area is 116 Å². The highest BCUT2D eigenvalue weighted by atomic mass is 16.5. The quantitative estimate of drug-likeness (QED) is 0.662. The molecule has 0 radical (unpaired) electrons. The number of allylic oxidation sites excluding steroid dienone is 1. The zero-order valence-corrected chi connectivity index (χ0v) is 10.9. The van der Waals surface area contributed by atoms with Crippen LogP contribution in [0.15, 0.2) is 48.5 Å². The van der Waals surface area contributed by atoms with Crippen LogP contribution in [0.1, 0.15) is 15.9 Å². The van der Waals surface area contributed by atoms with E-state index in [9.17, 15) is 15.0 Å². The number of methoxy groups -OCH3 is 1. The van der Waals surface area contributed by atoms with Crippen molar-refractivity contribution in [2.75, 3.05) is 7.11 Å². The fourth-order valence-corrected chi connectivity index (χ4v) is 1.78. The highest BCUT2D eigenvalue weighted by molar-refractivity contribution is 6.10. The molecule has 2 aromatic rings. The SMILES string of the molecule is COc1cccc(O)c1C(=O)/C=C\c1ccc(O)cc1. The lowest BCUT2D eigenvalue weighted by atomic mass is 10.1. The third kappa shape index (κ3) is 2.98. The van der Waals surface area contributed by atoms with Crippen molar-refractivity contribution in [1.29, 1.82) is 0 Å². The average Bonchev–Trinajstić information content (AvgIpc) is 2.46. The Hall–Kier alpha value is -2.75. The maximum absolute atomic E-state index is 12.1. The summed E-state index contributed by atoms with van der Waals surface area (Å²) in [7, 11) is 1.44. The second-order valence-corrected chi connectivity index (χ2v) is 4.14. The van der Waals surface area contributed by atoms with Gasteiger partial charge < -0.3 is 14.9 Å². The van der Waals surface area contributed by atoms with Crippen molar-refractivity contribution in [3.63, 3.8) is 0 Å².